The van der Waals surface area contributed by atoms with Crippen molar-refractivity contribution in [3.05, 3.63) is 33.2 Å². The molecule has 1 rings (SSSR count). The number of aryl methyl sites for hydroxylation is 1. The largest absolute Gasteiger partial charge is 0.481 e. The van der Waals surface area contributed by atoms with Gasteiger partial charge in [-0.25, -0.2) is 8.78 Å². The number of aliphatic carboxylic acids is 1. The molecule has 4 nitrogen and oxygen atoms in total. The minimum absolute atomic E-state index is 0.00639. The highest BCUT2D eigenvalue weighted by atomic mass is 19.3. The Labute approximate surface area is 83.6 Å². The van der Waals surface area contributed by atoms with Crippen LogP contribution >= 0.6 is 0 Å². The molecule has 0 spiro atoms. The van der Waals surface area contributed by atoms with E-state index >= 15 is 0 Å². The smallest absolute Gasteiger partial charge is 0.308 e. The van der Waals surface area contributed by atoms with Gasteiger partial charge in [-0.2, -0.15) is 0 Å². The number of aromatic amines is 1. The second-order valence-electron chi connectivity index (χ2n) is 3.06. The van der Waals surface area contributed by atoms with Crippen LogP contribution in [0.5, 0.6) is 0 Å². The average Bonchev–Trinajstić information content (AvgIpc) is 2.10. The Balaban J connectivity index is 3.21. The van der Waals surface area contributed by atoms with E-state index in [0.29, 0.717) is 0 Å². The van der Waals surface area contributed by atoms with Crippen molar-refractivity contribution in [2.24, 2.45) is 0 Å². The summed E-state index contributed by atoms with van der Waals surface area (Å²) in [7, 11) is 0. The lowest BCUT2D eigenvalue weighted by Gasteiger charge is -2.05. The first kappa shape index (κ1) is 11.4. The Morgan fingerprint density at radius 3 is 2.60 bits per heavy atom. The number of carboxylic acids is 1. The van der Waals surface area contributed by atoms with E-state index in [1.54, 1.807) is 0 Å². The fourth-order valence-electron chi connectivity index (χ4n) is 1.23. The first-order valence-corrected chi connectivity index (χ1v) is 4.14. The van der Waals surface area contributed by atoms with E-state index in [9.17, 15) is 18.4 Å². The Kier molecular flexibility index (Phi) is 3.18. The van der Waals surface area contributed by atoms with Crippen molar-refractivity contribution < 1.29 is 18.7 Å². The van der Waals surface area contributed by atoms with Gasteiger partial charge in [-0.3, -0.25) is 9.59 Å². The summed E-state index contributed by atoms with van der Waals surface area (Å²) in [6.45, 7) is 1.39. The molecular formula is C9H9F2NO3. The lowest BCUT2D eigenvalue weighted by Crippen LogP contribution is -2.17. The summed E-state index contributed by atoms with van der Waals surface area (Å²) < 4.78 is 24.5. The van der Waals surface area contributed by atoms with Gasteiger partial charge in [0.1, 0.15) is 0 Å². The van der Waals surface area contributed by atoms with Gasteiger partial charge in [-0.05, 0) is 6.92 Å². The van der Waals surface area contributed by atoms with E-state index in [0.717, 1.165) is 6.07 Å². The van der Waals surface area contributed by atoms with E-state index < -0.39 is 29.9 Å². The summed E-state index contributed by atoms with van der Waals surface area (Å²) in [6, 6.07) is 0.732. The molecule has 0 radical (unpaired) electrons. The third-order valence-corrected chi connectivity index (χ3v) is 1.93. The van der Waals surface area contributed by atoms with E-state index in [4.69, 9.17) is 5.11 Å². The van der Waals surface area contributed by atoms with Gasteiger partial charge in [0.2, 0.25) is 0 Å². The molecular weight excluding hydrogens is 208 g/mol. The number of carbonyl (C=O) groups is 1. The Morgan fingerprint density at radius 2 is 2.20 bits per heavy atom. The van der Waals surface area contributed by atoms with Crippen LogP contribution < -0.4 is 5.43 Å². The predicted octanol–water partition coefficient (Wildman–Crippen LogP) is 1.25. The topological polar surface area (TPSA) is 70.2 Å². The number of carboxylic acid groups (broad SMARTS) is 1. The van der Waals surface area contributed by atoms with Crippen LogP contribution in [0.15, 0.2) is 10.9 Å². The second-order valence-corrected chi connectivity index (χ2v) is 3.06. The highest BCUT2D eigenvalue weighted by Gasteiger charge is 2.14. The van der Waals surface area contributed by atoms with Crippen molar-refractivity contribution in [1.29, 1.82) is 0 Å². The van der Waals surface area contributed by atoms with Gasteiger partial charge in [-0.15, -0.1) is 0 Å². The first-order chi connectivity index (χ1) is 6.91. The fourth-order valence-corrected chi connectivity index (χ4v) is 1.23. The summed E-state index contributed by atoms with van der Waals surface area (Å²) in [5.41, 5.74) is -0.998. The van der Waals surface area contributed by atoms with E-state index in [1.165, 1.54) is 6.92 Å². The summed E-state index contributed by atoms with van der Waals surface area (Å²) >= 11 is 0. The number of pyridine rings is 1. The first-order valence-electron chi connectivity index (χ1n) is 4.14. The number of rotatable bonds is 3. The van der Waals surface area contributed by atoms with E-state index in [-0.39, 0.29) is 11.3 Å². The SMILES string of the molecule is Cc1[nH]c(C(F)F)cc(=O)c1CC(=O)O. The van der Waals surface area contributed by atoms with E-state index in [2.05, 4.69) is 4.98 Å². The van der Waals surface area contributed by atoms with Crippen LogP contribution in [-0.4, -0.2) is 16.1 Å². The molecule has 2 N–H and O–H groups in total. The Bertz CT molecular complexity index is 439. The van der Waals surface area contributed by atoms with Crippen molar-refractivity contribution in [2.45, 2.75) is 19.8 Å². The fraction of sp³-hybridized carbons (Fsp3) is 0.333. The van der Waals surface area contributed by atoms with Crippen LogP contribution in [0.25, 0.3) is 0 Å². The number of hydrogen-bond donors (Lipinski definition) is 2. The average molecular weight is 217 g/mol. The Morgan fingerprint density at radius 1 is 1.60 bits per heavy atom. The molecule has 0 unspecified atom stereocenters. The molecule has 0 atom stereocenters. The third-order valence-electron chi connectivity index (χ3n) is 1.93. The van der Waals surface area contributed by atoms with Gasteiger partial charge in [0.05, 0.1) is 12.1 Å². The lowest BCUT2D eigenvalue weighted by molar-refractivity contribution is -0.136. The number of aromatic nitrogens is 1. The van der Waals surface area contributed by atoms with E-state index in [1.807, 2.05) is 0 Å². The number of alkyl halides is 2. The minimum atomic E-state index is -2.77. The molecule has 1 heterocycles. The molecule has 0 aliphatic rings. The number of nitrogens with one attached hydrogen (secondary N) is 1. The van der Waals surface area contributed by atoms with Crippen molar-refractivity contribution >= 4 is 5.97 Å². The van der Waals surface area contributed by atoms with Gasteiger partial charge in [0.25, 0.3) is 6.43 Å². The molecule has 0 fully saturated rings. The number of H-pyrrole nitrogens is 1. The summed E-state index contributed by atoms with van der Waals surface area (Å²) in [5.74, 6) is -1.17. The zero-order chi connectivity index (χ0) is 11.6. The zero-order valence-electron chi connectivity index (χ0n) is 7.88. The molecule has 1 aromatic rings. The van der Waals surface area contributed by atoms with Gasteiger partial charge < -0.3 is 10.1 Å². The molecule has 1 aromatic heterocycles. The van der Waals surface area contributed by atoms with Crippen LogP contribution in [0, 0.1) is 6.92 Å². The van der Waals surface area contributed by atoms with Crippen LogP contribution in [0.1, 0.15) is 23.4 Å². The van der Waals surface area contributed by atoms with Crippen LogP contribution in [0.3, 0.4) is 0 Å². The highest BCUT2D eigenvalue weighted by Crippen LogP contribution is 2.15. The van der Waals surface area contributed by atoms with Crippen molar-refractivity contribution in [3.8, 4) is 0 Å². The van der Waals surface area contributed by atoms with Crippen molar-refractivity contribution in [1.82, 2.24) is 4.98 Å². The lowest BCUT2D eigenvalue weighted by atomic mass is 10.1. The number of halogens is 2. The molecule has 15 heavy (non-hydrogen) atoms. The van der Waals surface area contributed by atoms with Crippen molar-refractivity contribution in [3.63, 3.8) is 0 Å². The van der Waals surface area contributed by atoms with Gasteiger partial charge in [0, 0.05) is 17.3 Å². The molecule has 0 saturated carbocycles. The minimum Gasteiger partial charge on any atom is -0.481 e. The van der Waals surface area contributed by atoms with Crippen molar-refractivity contribution in [2.75, 3.05) is 0 Å². The summed E-state index contributed by atoms with van der Waals surface area (Å²) in [5, 5.41) is 8.49. The zero-order valence-corrected chi connectivity index (χ0v) is 7.88. The Hall–Kier alpha value is -1.72. The quantitative estimate of drug-likeness (QED) is 0.800. The molecule has 0 amide bonds. The van der Waals surface area contributed by atoms with Crippen LogP contribution in [-0.2, 0) is 11.2 Å². The maximum absolute atomic E-state index is 12.2. The van der Waals surface area contributed by atoms with Crippen LogP contribution in [0.2, 0.25) is 0 Å². The van der Waals surface area contributed by atoms with Gasteiger partial charge >= 0.3 is 5.97 Å². The molecule has 0 aliphatic carbocycles. The summed E-state index contributed by atoms with van der Waals surface area (Å²) in [4.78, 5) is 24.0. The normalized spacial score (nSPS) is 10.7. The second kappa shape index (κ2) is 4.20. The molecule has 0 aliphatic heterocycles. The molecule has 0 saturated heterocycles. The standard InChI is InChI=1S/C9H9F2NO3/c1-4-5(2-8(14)15)7(13)3-6(12-4)9(10)11/h3,9H,2H2,1H3,(H,12,13)(H,14,15). The van der Waals surface area contributed by atoms with Gasteiger partial charge in [0.15, 0.2) is 5.43 Å². The molecule has 82 valence electrons. The molecule has 0 bridgehead atoms. The molecule has 0 aromatic carbocycles. The molecule has 6 heteroatoms. The van der Waals surface area contributed by atoms with Gasteiger partial charge in [-0.1, -0.05) is 0 Å². The maximum atomic E-state index is 12.2. The van der Waals surface area contributed by atoms with Crippen LogP contribution in [0.4, 0.5) is 8.78 Å². The highest BCUT2D eigenvalue weighted by molar-refractivity contribution is 5.70. The number of hydrogen-bond acceptors (Lipinski definition) is 2. The maximum Gasteiger partial charge on any atom is 0.308 e. The summed E-state index contributed by atoms with van der Waals surface area (Å²) in [6.07, 6.45) is -3.24. The predicted molar refractivity (Wildman–Crippen MR) is 48.1 cm³/mol. The monoisotopic (exact) mass is 217 g/mol. The third kappa shape index (κ3) is 2.61.